The van der Waals surface area contributed by atoms with Crippen LogP contribution < -0.4 is 18.9 Å². The Morgan fingerprint density at radius 2 is 1.53 bits per heavy atom. The Morgan fingerprint density at radius 3 is 2.20 bits per heavy atom. The second-order valence-corrected chi connectivity index (χ2v) is 2.89. The third kappa shape index (κ3) is 3.68. The minimum Gasteiger partial charge on any atom is -0.186 e. The van der Waals surface area contributed by atoms with E-state index in [2.05, 4.69) is 17.9 Å². The van der Waals surface area contributed by atoms with Gasteiger partial charge in [-0.3, -0.25) is 0 Å². The van der Waals surface area contributed by atoms with E-state index in [0.717, 1.165) is 11.1 Å². The van der Waals surface area contributed by atoms with Crippen molar-refractivity contribution in [1.82, 2.24) is 0 Å². The number of hydrogen-bond donors (Lipinski definition) is 0. The van der Waals surface area contributed by atoms with Gasteiger partial charge in [-0.1, -0.05) is 18.2 Å². The third-order valence-corrected chi connectivity index (χ3v) is 1.82. The summed E-state index contributed by atoms with van der Waals surface area (Å²) >= 11 is 0. The summed E-state index contributed by atoms with van der Waals surface area (Å²) in [7, 11) is 0. The Balaban J connectivity index is 0.00000112. The molecule has 66 valence electrons. The van der Waals surface area contributed by atoms with Crippen molar-refractivity contribution in [2.45, 2.75) is 0 Å². The van der Waals surface area contributed by atoms with Gasteiger partial charge in [0.25, 0.3) is 0 Å². The molecule has 0 aliphatic rings. The van der Waals surface area contributed by atoms with Crippen LogP contribution in [0.2, 0.25) is 0 Å². The molecule has 0 aromatic heterocycles. The molecule has 0 saturated heterocycles. The summed E-state index contributed by atoms with van der Waals surface area (Å²) in [5.74, 6) is 6.14. The molecular weight excluding hydrogens is 175 g/mol. The monoisotopic (exact) mass is 184 g/mol. The van der Waals surface area contributed by atoms with Crippen molar-refractivity contribution in [3.8, 4) is 11.8 Å². The maximum atomic E-state index is 3.08. The molecule has 2 aromatic carbocycles. The molecule has 0 unspecified atom stereocenters. The van der Waals surface area contributed by atoms with Gasteiger partial charge in [0, 0.05) is 5.56 Å². The third-order valence-electron chi connectivity index (χ3n) is 1.82. The molecule has 0 amide bonds. The van der Waals surface area contributed by atoms with Crippen molar-refractivity contribution in [2.24, 2.45) is 0 Å². The molecule has 2 aromatic rings. The Kier molecular flexibility index (Phi) is 4.79. The van der Waals surface area contributed by atoms with Gasteiger partial charge >= 0.3 is 18.9 Å². The molecule has 2 rings (SSSR count). The van der Waals surface area contributed by atoms with Gasteiger partial charge in [0.2, 0.25) is 0 Å². The Hall–Kier alpha value is -1.40. The van der Waals surface area contributed by atoms with Crippen molar-refractivity contribution in [3.05, 3.63) is 71.8 Å². The molecule has 0 saturated carbocycles. The van der Waals surface area contributed by atoms with E-state index in [0.29, 0.717) is 0 Å². The van der Waals surface area contributed by atoms with E-state index < -0.39 is 0 Å². The molecule has 1 heteroatoms. The first-order valence-corrected chi connectivity index (χ1v) is 4.49. The predicted octanol–water partition coefficient (Wildman–Crippen LogP) is -0.109. The van der Waals surface area contributed by atoms with Crippen LogP contribution in [-0.2, 0) is 0 Å². The van der Waals surface area contributed by atoms with E-state index in [1.54, 1.807) is 0 Å². The SMILES string of the molecule is C(#Cc1ccccc1)c1[c-]cccc1.[Li+]. The topological polar surface area (TPSA) is 0 Å². The van der Waals surface area contributed by atoms with E-state index in [9.17, 15) is 0 Å². The van der Waals surface area contributed by atoms with Crippen molar-refractivity contribution >= 4 is 0 Å². The molecule has 15 heavy (non-hydrogen) atoms. The second-order valence-electron chi connectivity index (χ2n) is 2.89. The summed E-state index contributed by atoms with van der Waals surface area (Å²) in [6, 6.07) is 20.7. The van der Waals surface area contributed by atoms with Crippen molar-refractivity contribution in [1.29, 1.82) is 0 Å². The van der Waals surface area contributed by atoms with Crippen LogP contribution in [0.3, 0.4) is 0 Å². The zero-order valence-electron chi connectivity index (χ0n) is 8.70. The van der Waals surface area contributed by atoms with E-state index in [-0.39, 0.29) is 18.9 Å². The van der Waals surface area contributed by atoms with Crippen LogP contribution >= 0.6 is 0 Å². The molecule has 0 atom stereocenters. The van der Waals surface area contributed by atoms with Crippen LogP contribution in [0.25, 0.3) is 0 Å². The standard InChI is InChI=1S/C14H9.Li/c1-3-7-13(8-4-1)11-12-14-9-5-2-6-10-14;/h1-9H;/q-1;+1. The fraction of sp³-hybridized carbons (Fsp3) is 0. The van der Waals surface area contributed by atoms with Crippen molar-refractivity contribution in [3.63, 3.8) is 0 Å². The van der Waals surface area contributed by atoms with E-state index in [1.165, 1.54) is 0 Å². The summed E-state index contributed by atoms with van der Waals surface area (Å²) in [6.45, 7) is 0. The Morgan fingerprint density at radius 1 is 0.800 bits per heavy atom. The van der Waals surface area contributed by atoms with Gasteiger partial charge in [-0.15, -0.1) is 41.8 Å². The van der Waals surface area contributed by atoms with Gasteiger partial charge in [-0.2, -0.15) is 5.92 Å². The summed E-state index contributed by atoms with van der Waals surface area (Å²) in [5.41, 5.74) is 1.96. The normalized spacial score (nSPS) is 8.27. The van der Waals surface area contributed by atoms with Crippen LogP contribution in [-0.4, -0.2) is 0 Å². The molecule has 0 nitrogen and oxygen atoms in total. The predicted molar refractivity (Wildman–Crippen MR) is 57.7 cm³/mol. The fourth-order valence-electron chi connectivity index (χ4n) is 1.13. The van der Waals surface area contributed by atoms with Crippen molar-refractivity contribution in [2.75, 3.05) is 0 Å². The first-order chi connectivity index (χ1) is 6.95. The van der Waals surface area contributed by atoms with Crippen molar-refractivity contribution < 1.29 is 18.9 Å². The average Bonchev–Trinajstić information content (AvgIpc) is 2.29. The van der Waals surface area contributed by atoms with Crippen LogP contribution in [0.15, 0.2) is 54.6 Å². The zero-order valence-corrected chi connectivity index (χ0v) is 8.70. The molecule has 0 N–H and O–H groups in total. The van der Waals surface area contributed by atoms with Crippen LogP contribution in [0, 0.1) is 17.9 Å². The maximum absolute atomic E-state index is 3.08. The van der Waals surface area contributed by atoms with E-state index in [1.807, 2.05) is 54.6 Å². The van der Waals surface area contributed by atoms with Gasteiger partial charge in [0.05, 0.1) is 0 Å². The zero-order chi connectivity index (χ0) is 9.64. The molecule has 0 radical (unpaired) electrons. The fourth-order valence-corrected chi connectivity index (χ4v) is 1.13. The Labute approximate surface area is 103 Å². The molecule has 0 heterocycles. The minimum absolute atomic E-state index is 0. The summed E-state index contributed by atoms with van der Waals surface area (Å²) in [6.07, 6.45) is 0. The number of rotatable bonds is 0. The smallest absolute Gasteiger partial charge is 0.186 e. The van der Waals surface area contributed by atoms with Gasteiger partial charge in [0.15, 0.2) is 0 Å². The number of hydrogen-bond acceptors (Lipinski definition) is 0. The quantitative estimate of drug-likeness (QED) is 0.304. The maximum Gasteiger partial charge on any atom is 1.00 e. The minimum atomic E-state index is 0. The molecule has 0 aliphatic heterocycles. The van der Waals surface area contributed by atoms with Crippen LogP contribution in [0.5, 0.6) is 0 Å². The van der Waals surface area contributed by atoms with Gasteiger partial charge < -0.3 is 0 Å². The molecule has 0 spiro atoms. The molecule has 0 aliphatic carbocycles. The molecular formula is C14H9Li. The summed E-state index contributed by atoms with van der Waals surface area (Å²) in [5, 5.41) is 0. The van der Waals surface area contributed by atoms with Crippen LogP contribution in [0.4, 0.5) is 0 Å². The summed E-state index contributed by atoms with van der Waals surface area (Å²) in [4.78, 5) is 0. The van der Waals surface area contributed by atoms with E-state index >= 15 is 0 Å². The first kappa shape index (κ1) is 11.7. The largest absolute Gasteiger partial charge is 1.00 e. The van der Waals surface area contributed by atoms with Crippen LogP contribution in [0.1, 0.15) is 11.1 Å². The van der Waals surface area contributed by atoms with Gasteiger partial charge in [-0.05, 0) is 12.1 Å². The average molecular weight is 184 g/mol. The van der Waals surface area contributed by atoms with Gasteiger partial charge in [0.1, 0.15) is 0 Å². The molecule has 0 fully saturated rings. The first-order valence-electron chi connectivity index (χ1n) is 4.49. The Bertz CT molecular complexity index is 405. The van der Waals surface area contributed by atoms with Gasteiger partial charge in [-0.25, -0.2) is 0 Å². The second kappa shape index (κ2) is 6.15. The van der Waals surface area contributed by atoms with E-state index in [4.69, 9.17) is 0 Å². The number of benzene rings is 2. The molecule has 0 bridgehead atoms. The summed E-state index contributed by atoms with van der Waals surface area (Å²) < 4.78 is 0.